The van der Waals surface area contributed by atoms with E-state index in [0.29, 0.717) is 5.56 Å². The summed E-state index contributed by atoms with van der Waals surface area (Å²) in [5.74, 6) is -0.632. The van der Waals surface area contributed by atoms with E-state index in [1.165, 1.54) is 0 Å². The predicted molar refractivity (Wildman–Crippen MR) is 167 cm³/mol. The monoisotopic (exact) mass is 634 g/mol. The van der Waals surface area contributed by atoms with Crippen molar-refractivity contribution >= 4 is 5.97 Å². The van der Waals surface area contributed by atoms with Crippen molar-refractivity contribution in [3.05, 3.63) is 120 Å². The second kappa shape index (κ2) is 16.4. The van der Waals surface area contributed by atoms with Crippen LogP contribution in [0, 0.1) is 0 Å². The van der Waals surface area contributed by atoms with Crippen LogP contribution in [0.2, 0.25) is 0 Å². The van der Waals surface area contributed by atoms with E-state index in [1.807, 2.05) is 60.7 Å². The van der Waals surface area contributed by atoms with Crippen LogP contribution in [-0.4, -0.2) is 84.2 Å². The van der Waals surface area contributed by atoms with E-state index in [9.17, 15) is 15.0 Å². The summed E-state index contributed by atoms with van der Waals surface area (Å²) in [6.07, 6.45) is -8.61. The van der Waals surface area contributed by atoms with Crippen LogP contribution in [0.3, 0.4) is 0 Å². The van der Waals surface area contributed by atoms with Gasteiger partial charge in [-0.25, -0.2) is 4.79 Å². The highest BCUT2D eigenvalue weighted by atomic mass is 16.7. The fraction of sp³-hybridized carbons (Fsp3) is 0.417. The van der Waals surface area contributed by atoms with Crippen LogP contribution < -0.4 is 0 Å². The molecule has 5 rings (SSSR count). The maximum absolute atomic E-state index is 13.2. The highest BCUT2D eigenvalue weighted by Gasteiger charge is 2.52. The number of carbonyl (C=O) groups is 1. The summed E-state index contributed by atoms with van der Waals surface area (Å²) >= 11 is 0. The summed E-state index contributed by atoms with van der Waals surface area (Å²) in [4.78, 5) is 13.2. The molecule has 3 aromatic rings. The Hall–Kier alpha value is -3.45. The van der Waals surface area contributed by atoms with Gasteiger partial charge in [0.05, 0.1) is 37.6 Å². The molecular formula is C36H42O10. The zero-order valence-corrected chi connectivity index (χ0v) is 26.0. The van der Waals surface area contributed by atoms with E-state index in [2.05, 4.69) is 6.58 Å². The van der Waals surface area contributed by atoms with Gasteiger partial charge in [0.2, 0.25) is 0 Å². The van der Waals surface area contributed by atoms with Crippen molar-refractivity contribution in [2.45, 2.75) is 88.5 Å². The molecule has 2 N–H and O–H groups in total. The Morgan fingerprint density at radius 1 is 0.696 bits per heavy atom. The number of aliphatic hydroxyl groups excluding tert-OH is 2. The van der Waals surface area contributed by atoms with E-state index in [4.69, 9.17) is 33.2 Å². The molecule has 2 saturated heterocycles. The molecule has 2 aliphatic rings. The third kappa shape index (κ3) is 8.47. The summed E-state index contributed by atoms with van der Waals surface area (Å²) in [6.45, 7) is 7.57. The zero-order chi connectivity index (χ0) is 32.5. The van der Waals surface area contributed by atoms with Crippen molar-refractivity contribution in [2.75, 3.05) is 6.61 Å². The molecule has 0 aliphatic carbocycles. The lowest BCUT2D eigenvalue weighted by Crippen LogP contribution is -2.64. The standard InChI is InChI=1S/C36H42O10/c1-4-20-40-35-32(41-21-25-14-8-5-9-15-25)31(29(38)23(2)43-35)46-36-33(42-22-26-16-10-6-11-17-26)30(28(37)24(3)44-36)45-34(39)27-18-12-7-13-19-27/h4-19,23-24,28-33,35-38H,1,20-22H2,2-3H3/t23-,24-,28+,29+,30+,31+,32-,33-,35+,36-/m0/s1. The van der Waals surface area contributed by atoms with Crippen LogP contribution in [0.1, 0.15) is 35.3 Å². The molecule has 0 radical (unpaired) electrons. The van der Waals surface area contributed by atoms with Crippen LogP contribution >= 0.6 is 0 Å². The average Bonchev–Trinajstić information content (AvgIpc) is 3.08. The van der Waals surface area contributed by atoms with Crippen molar-refractivity contribution in [3.63, 3.8) is 0 Å². The van der Waals surface area contributed by atoms with Gasteiger partial charge >= 0.3 is 5.97 Å². The largest absolute Gasteiger partial charge is 0.453 e. The third-order valence-corrected chi connectivity index (χ3v) is 8.01. The summed E-state index contributed by atoms with van der Waals surface area (Å²) in [7, 11) is 0. The topological polar surface area (TPSA) is 122 Å². The van der Waals surface area contributed by atoms with Crippen LogP contribution in [0.4, 0.5) is 0 Å². The molecule has 2 heterocycles. The summed E-state index contributed by atoms with van der Waals surface area (Å²) in [5.41, 5.74) is 2.07. The van der Waals surface area contributed by atoms with Crippen molar-refractivity contribution in [1.29, 1.82) is 0 Å². The first kappa shape index (κ1) is 33.9. The number of carbonyl (C=O) groups excluding carboxylic acids is 1. The number of benzene rings is 3. The van der Waals surface area contributed by atoms with Crippen LogP contribution in [0.25, 0.3) is 0 Å². The molecule has 0 bridgehead atoms. The summed E-state index contributed by atoms with van der Waals surface area (Å²) < 4.78 is 43.2. The van der Waals surface area contributed by atoms with Crippen molar-refractivity contribution < 1.29 is 48.2 Å². The van der Waals surface area contributed by atoms with E-state index in [-0.39, 0.29) is 19.8 Å². The highest BCUT2D eigenvalue weighted by molar-refractivity contribution is 5.89. The SMILES string of the molecule is C=CCO[C@@H]1O[C@@H](C)[C@@H](O)[C@@H](O[C@@H]2O[C@@H](C)[C@@H](O)[C@@H](OC(=O)c3ccccc3)[C@@H]2OCc2ccccc2)[C@@H]1OCc1ccccc1. The smallest absolute Gasteiger partial charge is 0.338 e. The van der Waals surface area contributed by atoms with Crippen molar-refractivity contribution in [2.24, 2.45) is 0 Å². The van der Waals surface area contributed by atoms with E-state index < -0.39 is 67.4 Å². The predicted octanol–water partition coefficient (Wildman–Crippen LogP) is 4.18. The molecule has 3 aromatic carbocycles. The molecule has 2 aliphatic heterocycles. The molecule has 0 spiro atoms. The average molecular weight is 635 g/mol. The van der Waals surface area contributed by atoms with Gasteiger partial charge in [-0.15, -0.1) is 6.58 Å². The molecule has 0 unspecified atom stereocenters. The second-order valence-electron chi connectivity index (χ2n) is 11.4. The Bertz CT molecular complexity index is 1360. The van der Waals surface area contributed by atoms with Crippen molar-refractivity contribution in [3.8, 4) is 0 Å². The minimum absolute atomic E-state index is 0.112. The lowest BCUT2D eigenvalue weighted by atomic mass is 9.97. The van der Waals surface area contributed by atoms with E-state index in [0.717, 1.165) is 11.1 Å². The van der Waals surface area contributed by atoms with Gasteiger partial charge < -0.3 is 43.4 Å². The molecule has 2 fully saturated rings. The van der Waals surface area contributed by atoms with Crippen molar-refractivity contribution in [1.82, 2.24) is 0 Å². The molecule has 10 atom stereocenters. The van der Waals surface area contributed by atoms with Gasteiger partial charge in [0.25, 0.3) is 0 Å². The molecule has 0 aromatic heterocycles. The van der Waals surface area contributed by atoms with Gasteiger partial charge in [0, 0.05) is 0 Å². The number of esters is 1. The Labute approximate surface area is 269 Å². The zero-order valence-electron chi connectivity index (χ0n) is 26.0. The number of aliphatic hydroxyl groups is 2. The first-order chi connectivity index (χ1) is 22.4. The second-order valence-corrected chi connectivity index (χ2v) is 11.4. The van der Waals surface area contributed by atoms with Gasteiger partial charge in [-0.1, -0.05) is 84.9 Å². The van der Waals surface area contributed by atoms with Gasteiger partial charge in [-0.3, -0.25) is 0 Å². The Morgan fingerprint density at radius 2 is 1.17 bits per heavy atom. The molecular weight excluding hydrogens is 592 g/mol. The van der Waals surface area contributed by atoms with Crippen LogP contribution in [0.5, 0.6) is 0 Å². The number of rotatable bonds is 13. The molecule has 46 heavy (non-hydrogen) atoms. The third-order valence-electron chi connectivity index (χ3n) is 8.01. The lowest BCUT2D eigenvalue weighted by molar-refractivity contribution is -0.362. The summed E-state index contributed by atoms with van der Waals surface area (Å²) in [5, 5.41) is 22.7. The number of ether oxygens (including phenoxy) is 7. The first-order valence-corrected chi connectivity index (χ1v) is 15.5. The van der Waals surface area contributed by atoms with Gasteiger partial charge in [0.1, 0.15) is 30.5 Å². The number of hydrogen-bond acceptors (Lipinski definition) is 10. The van der Waals surface area contributed by atoms with Gasteiger partial charge in [-0.05, 0) is 37.1 Å². The Kier molecular flexibility index (Phi) is 12.1. The molecule has 10 nitrogen and oxygen atoms in total. The molecule has 0 amide bonds. The fourth-order valence-corrected chi connectivity index (χ4v) is 5.47. The van der Waals surface area contributed by atoms with Gasteiger partial charge in [0.15, 0.2) is 18.7 Å². The lowest BCUT2D eigenvalue weighted by Gasteiger charge is -2.48. The van der Waals surface area contributed by atoms with Crippen LogP contribution in [0.15, 0.2) is 104 Å². The quantitative estimate of drug-likeness (QED) is 0.209. The normalized spacial score (nSPS) is 31.2. The van der Waals surface area contributed by atoms with E-state index in [1.54, 1.807) is 50.3 Å². The molecule has 10 heteroatoms. The molecule has 0 saturated carbocycles. The van der Waals surface area contributed by atoms with E-state index >= 15 is 0 Å². The molecule has 246 valence electrons. The Morgan fingerprint density at radius 3 is 1.72 bits per heavy atom. The van der Waals surface area contributed by atoms with Crippen LogP contribution in [-0.2, 0) is 46.4 Å². The summed E-state index contributed by atoms with van der Waals surface area (Å²) in [6, 6.07) is 27.5. The maximum atomic E-state index is 13.2. The van der Waals surface area contributed by atoms with Gasteiger partial charge in [-0.2, -0.15) is 0 Å². The highest BCUT2D eigenvalue weighted by Crippen LogP contribution is 2.34. The first-order valence-electron chi connectivity index (χ1n) is 15.5. The number of hydrogen-bond donors (Lipinski definition) is 2. The minimum atomic E-state index is -1.24. The maximum Gasteiger partial charge on any atom is 0.338 e. The Balaban J connectivity index is 1.44. The minimum Gasteiger partial charge on any atom is -0.453 e. The fourth-order valence-electron chi connectivity index (χ4n) is 5.47.